The summed E-state index contributed by atoms with van der Waals surface area (Å²) in [5.41, 5.74) is 3.19. The minimum Gasteiger partial charge on any atom is -0.348 e. The van der Waals surface area contributed by atoms with Crippen molar-refractivity contribution in [3.8, 4) is 5.69 Å². The Balaban J connectivity index is 1.57. The minimum absolute atomic E-state index is 0.0132. The number of nitrogens with zero attached hydrogens (tertiary/aromatic N) is 3. The number of amides is 1. The van der Waals surface area contributed by atoms with E-state index in [-0.39, 0.29) is 11.9 Å². The van der Waals surface area contributed by atoms with Gasteiger partial charge >= 0.3 is 0 Å². The Morgan fingerprint density at radius 1 is 1.07 bits per heavy atom. The molecule has 1 atom stereocenters. The van der Waals surface area contributed by atoms with E-state index in [1.54, 1.807) is 0 Å². The summed E-state index contributed by atoms with van der Waals surface area (Å²) in [5.74, 6) is 0.0539. The van der Waals surface area contributed by atoms with Crippen molar-refractivity contribution in [2.45, 2.75) is 18.9 Å². The summed E-state index contributed by atoms with van der Waals surface area (Å²) in [6, 6.07) is 20.1. The van der Waals surface area contributed by atoms with Gasteiger partial charge in [-0.25, -0.2) is 4.68 Å². The standard InChI is InChI=1S/C22H26N4O/c1-25(2)17-21(19-9-5-3-6-10-19)24-22(27)14-13-18-15-23-26(16-18)20-11-7-4-8-12-20/h3-12,15-16,21H,13-14,17H2,1-2H3,(H,24,27). The maximum Gasteiger partial charge on any atom is 0.220 e. The predicted octanol–water partition coefficient (Wildman–Crippen LogP) is 3.22. The molecular weight excluding hydrogens is 336 g/mol. The highest BCUT2D eigenvalue weighted by molar-refractivity contribution is 5.76. The van der Waals surface area contributed by atoms with Gasteiger partial charge in [0.2, 0.25) is 5.91 Å². The van der Waals surface area contributed by atoms with Gasteiger partial charge in [0, 0.05) is 19.2 Å². The number of nitrogens with one attached hydrogen (secondary N) is 1. The lowest BCUT2D eigenvalue weighted by atomic mass is 10.1. The predicted molar refractivity (Wildman–Crippen MR) is 108 cm³/mol. The van der Waals surface area contributed by atoms with Gasteiger partial charge in [0.25, 0.3) is 0 Å². The minimum atomic E-state index is -0.0132. The molecular formula is C22H26N4O. The number of hydrogen-bond donors (Lipinski definition) is 1. The van der Waals surface area contributed by atoms with E-state index in [4.69, 9.17) is 0 Å². The number of para-hydroxylation sites is 1. The molecule has 1 aromatic heterocycles. The summed E-state index contributed by atoms with van der Waals surface area (Å²) in [5, 5.41) is 7.56. The number of rotatable bonds is 8. The normalized spacial score (nSPS) is 12.1. The van der Waals surface area contributed by atoms with Gasteiger partial charge in [-0.1, -0.05) is 48.5 Å². The second-order valence-corrected chi connectivity index (χ2v) is 6.92. The lowest BCUT2D eigenvalue weighted by molar-refractivity contribution is -0.121. The summed E-state index contributed by atoms with van der Waals surface area (Å²) in [4.78, 5) is 14.6. The zero-order valence-corrected chi connectivity index (χ0v) is 15.9. The van der Waals surface area contributed by atoms with Crippen molar-refractivity contribution in [1.82, 2.24) is 20.0 Å². The number of aromatic nitrogens is 2. The SMILES string of the molecule is CN(C)CC(NC(=O)CCc1cnn(-c2ccccc2)c1)c1ccccc1. The third-order valence-electron chi connectivity index (χ3n) is 4.38. The number of carbonyl (C=O) groups excluding carboxylic acids is 1. The molecule has 1 unspecified atom stereocenters. The van der Waals surface area contributed by atoms with Crippen LogP contribution in [0.2, 0.25) is 0 Å². The molecule has 27 heavy (non-hydrogen) atoms. The molecule has 0 bridgehead atoms. The molecule has 5 nitrogen and oxygen atoms in total. The van der Waals surface area contributed by atoms with Gasteiger partial charge in [0.1, 0.15) is 0 Å². The zero-order valence-electron chi connectivity index (χ0n) is 15.9. The van der Waals surface area contributed by atoms with Gasteiger partial charge in [0.15, 0.2) is 0 Å². The maximum absolute atomic E-state index is 12.5. The van der Waals surface area contributed by atoms with Crippen molar-refractivity contribution in [3.63, 3.8) is 0 Å². The Morgan fingerprint density at radius 2 is 1.74 bits per heavy atom. The number of hydrogen-bond acceptors (Lipinski definition) is 3. The van der Waals surface area contributed by atoms with Crippen LogP contribution < -0.4 is 5.32 Å². The molecule has 0 spiro atoms. The van der Waals surface area contributed by atoms with Crippen LogP contribution in [0.25, 0.3) is 5.69 Å². The van der Waals surface area contributed by atoms with Crippen LogP contribution in [0.1, 0.15) is 23.6 Å². The van der Waals surface area contributed by atoms with Crippen molar-refractivity contribution >= 4 is 5.91 Å². The third kappa shape index (κ3) is 5.53. The molecule has 3 aromatic rings. The monoisotopic (exact) mass is 362 g/mol. The molecule has 0 fully saturated rings. The number of benzene rings is 2. The van der Waals surface area contributed by atoms with Crippen LogP contribution in [0.15, 0.2) is 73.1 Å². The van der Waals surface area contributed by atoms with E-state index >= 15 is 0 Å². The molecule has 0 saturated carbocycles. The smallest absolute Gasteiger partial charge is 0.220 e. The van der Waals surface area contributed by atoms with Crippen LogP contribution >= 0.6 is 0 Å². The van der Waals surface area contributed by atoms with Crippen LogP contribution in [0, 0.1) is 0 Å². The van der Waals surface area contributed by atoms with Crippen LogP contribution in [-0.4, -0.2) is 41.2 Å². The lowest BCUT2D eigenvalue weighted by Crippen LogP contribution is -2.35. The van der Waals surface area contributed by atoms with Gasteiger partial charge in [-0.2, -0.15) is 5.10 Å². The molecule has 5 heteroatoms. The van der Waals surface area contributed by atoms with Crippen molar-refractivity contribution in [2.24, 2.45) is 0 Å². The fourth-order valence-electron chi connectivity index (χ4n) is 3.02. The Morgan fingerprint density at radius 3 is 2.41 bits per heavy atom. The maximum atomic E-state index is 12.5. The van der Waals surface area contributed by atoms with Gasteiger partial charge in [0.05, 0.1) is 17.9 Å². The van der Waals surface area contributed by atoms with Crippen molar-refractivity contribution in [1.29, 1.82) is 0 Å². The first kappa shape index (κ1) is 18.9. The first-order valence-corrected chi connectivity index (χ1v) is 9.20. The second-order valence-electron chi connectivity index (χ2n) is 6.92. The van der Waals surface area contributed by atoms with E-state index in [0.717, 1.165) is 23.4 Å². The molecule has 1 amide bonds. The molecule has 0 radical (unpaired) electrons. The van der Waals surface area contributed by atoms with E-state index in [1.165, 1.54) is 0 Å². The molecule has 140 valence electrons. The molecule has 2 aromatic carbocycles. The largest absolute Gasteiger partial charge is 0.348 e. The summed E-state index contributed by atoms with van der Waals surface area (Å²) >= 11 is 0. The summed E-state index contributed by atoms with van der Waals surface area (Å²) in [6.45, 7) is 0.766. The average Bonchev–Trinajstić information content (AvgIpc) is 3.16. The average molecular weight is 362 g/mol. The zero-order chi connectivity index (χ0) is 19.1. The highest BCUT2D eigenvalue weighted by Crippen LogP contribution is 2.14. The topological polar surface area (TPSA) is 50.2 Å². The fourth-order valence-corrected chi connectivity index (χ4v) is 3.02. The van der Waals surface area contributed by atoms with Crippen LogP contribution in [-0.2, 0) is 11.2 Å². The lowest BCUT2D eigenvalue weighted by Gasteiger charge is -2.23. The van der Waals surface area contributed by atoms with Crippen molar-refractivity contribution < 1.29 is 4.79 Å². The van der Waals surface area contributed by atoms with Gasteiger partial charge in [-0.15, -0.1) is 0 Å². The van der Waals surface area contributed by atoms with E-state index < -0.39 is 0 Å². The molecule has 3 rings (SSSR count). The molecule has 0 saturated heterocycles. The van der Waals surface area contributed by atoms with Gasteiger partial charge < -0.3 is 10.2 Å². The highest BCUT2D eigenvalue weighted by Gasteiger charge is 2.15. The Bertz CT molecular complexity index is 843. The fraction of sp³-hybridized carbons (Fsp3) is 0.273. The van der Waals surface area contributed by atoms with Crippen LogP contribution in [0.3, 0.4) is 0 Å². The molecule has 0 aliphatic carbocycles. The first-order valence-electron chi connectivity index (χ1n) is 9.20. The Hall–Kier alpha value is -2.92. The summed E-state index contributed by atoms with van der Waals surface area (Å²) < 4.78 is 1.84. The highest BCUT2D eigenvalue weighted by atomic mass is 16.1. The summed E-state index contributed by atoms with van der Waals surface area (Å²) in [7, 11) is 4.03. The van der Waals surface area contributed by atoms with Crippen molar-refractivity contribution in [2.75, 3.05) is 20.6 Å². The van der Waals surface area contributed by atoms with Gasteiger partial charge in [-0.3, -0.25) is 4.79 Å². The van der Waals surface area contributed by atoms with Crippen LogP contribution in [0.4, 0.5) is 0 Å². The molecule has 0 aliphatic heterocycles. The van der Waals surface area contributed by atoms with Gasteiger partial charge in [-0.05, 0) is 43.8 Å². The summed E-state index contributed by atoms with van der Waals surface area (Å²) in [6.07, 6.45) is 4.92. The van der Waals surface area contributed by atoms with Crippen molar-refractivity contribution in [3.05, 3.63) is 84.2 Å². The van der Waals surface area contributed by atoms with Crippen LogP contribution in [0.5, 0.6) is 0 Å². The first-order chi connectivity index (χ1) is 13.1. The second kappa shape index (κ2) is 9.14. The Labute approximate surface area is 160 Å². The molecule has 1 N–H and O–H groups in total. The molecule has 1 heterocycles. The van der Waals surface area contributed by atoms with E-state index in [9.17, 15) is 4.79 Å². The van der Waals surface area contributed by atoms with E-state index in [0.29, 0.717) is 12.8 Å². The third-order valence-corrected chi connectivity index (χ3v) is 4.38. The number of likely N-dealkylation sites (N-methyl/N-ethyl adjacent to an activating group) is 1. The quantitative estimate of drug-likeness (QED) is 0.669. The molecule has 0 aliphatic rings. The number of carbonyl (C=O) groups is 1. The van der Waals surface area contributed by atoms with E-state index in [1.807, 2.05) is 79.7 Å². The van der Waals surface area contributed by atoms with E-state index in [2.05, 4.69) is 27.4 Å². The number of aryl methyl sites for hydroxylation is 1. The Kier molecular flexibility index (Phi) is 6.39.